The van der Waals surface area contributed by atoms with Crippen LogP contribution in [0, 0.1) is 0 Å². The van der Waals surface area contributed by atoms with E-state index < -0.39 is 10.1 Å². The Morgan fingerprint density at radius 1 is 1.00 bits per heavy atom. The predicted molar refractivity (Wildman–Crippen MR) is 94.7 cm³/mol. The molecule has 0 atom stereocenters. The Morgan fingerprint density at radius 2 is 1.69 bits per heavy atom. The molecule has 0 aliphatic carbocycles. The van der Waals surface area contributed by atoms with E-state index in [9.17, 15) is 18.1 Å². The van der Waals surface area contributed by atoms with Crippen molar-refractivity contribution in [1.29, 1.82) is 0 Å². The van der Waals surface area contributed by atoms with Crippen LogP contribution in [0.5, 0.6) is 17.2 Å². The van der Waals surface area contributed by atoms with Crippen LogP contribution in [0.25, 0.3) is 0 Å². The van der Waals surface area contributed by atoms with Gasteiger partial charge in [0.15, 0.2) is 0 Å². The van der Waals surface area contributed by atoms with Gasteiger partial charge in [-0.25, -0.2) is 0 Å². The van der Waals surface area contributed by atoms with Crippen LogP contribution in [-0.4, -0.2) is 13.0 Å². The summed E-state index contributed by atoms with van der Waals surface area (Å²) in [5, 5.41) is 12.2. The number of hydrogen-bond donors (Lipinski definition) is 1. The van der Waals surface area contributed by atoms with Gasteiger partial charge in [0.2, 0.25) is 0 Å². The molecule has 0 saturated heterocycles. The molecule has 0 fully saturated rings. The summed E-state index contributed by atoms with van der Waals surface area (Å²) < 4.78 is 37.4. The summed E-state index contributed by atoms with van der Waals surface area (Å²) in [6.07, 6.45) is 6.64. The summed E-state index contributed by atoms with van der Waals surface area (Å²) in [5.74, 6) is -0.351. The molecule has 0 bridgehead atoms. The Bertz CT molecular complexity index is 805. The van der Waals surface area contributed by atoms with E-state index in [-0.39, 0.29) is 51.7 Å². The first-order valence-electron chi connectivity index (χ1n) is 8.46. The van der Waals surface area contributed by atoms with Crippen LogP contribution in [0.4, 0.5) is 0 Å². The second kappa shape index (κ2) is 10.9. The van der Waals surface area contributed by atoms with Gasteiger partial charge in [0, 0.05) is 0 Å². The van der Waals surface area contributed by atoms with Gasteiger partial charge in [0.25, 0.3) is 10.1 Å². The summed E-state index contributed by atoms with van der Waals surface area (Å²) in [7, 11) is -4.42. The summed E-state index contributed by atoms with van der Waals surface area (Å²) in [5.41, 5.74) is 0.942. The molecule has 2 aromatic rings. The molecular formula is C19H23NaO5S. The molecule has 0 saturated carbocycles. The number of rotatable bonds is 9. The van der Waals surface area contributed by atoms with E-state index in [2.05, 4.69) is 6.92 Å². The average molecular weight is 386 g/mol. The van der Waals surface area contributed by atoms with Crippen molar-refractivity contribution in [1.82, 2.24) is 0 Å². The Hall–Kier alpha value is -1.05. The van der Waals surface area contributed by atoms with Gasteiger partial charge in [-0.05, 0) is 36.6 Å². The first kappa shape index (κ1) is 23.0. The normalized spacial score (nSPS) is 11.0. The Balaban J connectivity index is 0.00000338. The molecule has 7 heteroatoms. The molecule has 0 radical (unpaired) electrons. The van der Waals surface area contributed by atoms with E-state index in [0.717, 1.165) is 24.8 Å². The number of ether oxygens (including phenoxy) is 1. The van der Waals surface area contributed by atoms with Gasteiger partial charge < -0.3 is 9.84 Å². The summed E-state index contributed by atoms with van der Waals surface area (Å²) in [6.45, 7) is 2.17. The molecular weight excluding hydrogens is 363 g/mol. The Labute approximate surface area is 177 Å². The molecule has 0 amide bonds. The number of benzene rings is 2. The first-order chi connectivity index (χ1) is 11.9. The van der Waals surface area contributed by atoms with E-state index in [1.54, 1.807) is 12.1 Å². The van der Waals surface area contributed by atoms with Gasteiger partial charge in [-0.1, -0.05) is 62.6 Å². The second-order valence-electron chi connectivity index (χ2n) is 5.97. The third-order valence-corrected chi connectivity index (χ3v) is 4.82. The fourth-order valence-corrected chi connectivity index (χ4v) is 3.21. The smallest absolute Gasteiger partial charge is 0.870 e. The maximum absolute atomic E-state index is 12.2. The van der Waals surface area contributed by atoms with E-state index in [0.29, 0.717) is 0 Å². The van der Waals surface area contributed by atoms with Crippen LogP contribution in [0.3, 0.4) is 0 Å². The van der Waals surface area contributed by atoms with Crippen LogP contribution < -0.4 is 39.4 Å². The van der Waals surface area contributed by atoms with Gasteiger partial charge in [0.1, 0.15) is 16.4 Å². The van der Waals surface area contributed by atoms with Crippen molar-refractivity contribution in [2.75, 3.05) is 0 Å². The Kier molecular flexibility index (Phi) is 9.68. The summed E-state index contributed by atoms with van der Waals surface area (Å²) >= 11 is 0. The molecule has 5 nitrogen and oxygen atoms in total. The van der Waals surface area contributed by atoms with E-state index >= 15 is 0 Å². The van der Waals surface area contributed by atoms with Gasteiger partial charge in [-0.15, -0.1) is 0 Å². The number of aryl methyl sites for hydroxylation is 1. The average Bonchev–Trinajstić information content (AvgIpc) is 2.56. The molecule has 2 rings (SSSR count). The predicted octanol–water partition coefficient (Wildman–Crippen LogP) is 1.32. The van der Waals surface area contributed by atoms with Crippen molar-refractivity contribution in [3.05, 3.63) is 48.0 Å². The topological polar surface area (TPSA) is 86.7 Å². The molecule has 1 N–H and O–H groups in total. The van der Waals surface area contributed by atoms with Crippen molar-refractivity contribution in [3.63, 3.8) is 0 Å². The third kappa shape index (κ3) is 6.93. The third-order valence-electron chi connectivity index (χ3n) is 3.92. The molecule has 0 heterocycles. The van der Waals surface area contributed by atoms with Crippen LogP contribution in [0.2, 0.25) is 0 Å². The Morgan fingerprint density at radius 3 is 2.35 bits per heavy atom. The molecule has 0 unspecified atom stereocenters. The molecule has 0 aromatic heterocycles. The zero-order valence-electron chi connectivity index (χ0n) is 15.3. The number of para-hydroxylation sites is 1. The summed E-state index contributed by atoms with van der Waals surface area (Å²) in [4.78, 5) is -0.366. The van der Waals surface area contributed by atoms with Gasteiger partial charge in [-0.3, -0.25) is 4.55 Å². The van der Waals surface area contributed by atoms with Crippen LogP contribution >= 0.6 is 0 Å². The zero-order chi connectivity index (χ0) is 18.3. The number of unbranched alkanes of at least 4 members (excludes halogenated alkanes) is 4. The minimum Gasteiger partial charge on any atom is -0.870 e. The van der Waals surface area contributed by atoms with Crippen LogP contribution in [0.15, 0.2) is 47.4 Å². The van der Waals surface area contributed by atoms with Crippen LogP contribution in [-0.2, 0) is 16.5 Å². The molecule has 26 heavy (non-hydrogen) atoms. The zero-order valence-corrected chi connectivity index (χ0v) is 18.1. The minimum absolute atomic E-state index is 0. The van der Waals surface area contributed by atoms with E-state index in [1.807, 2.05) is 6.07 Å². The quantitative estimate of drug-likeness (QED) is 0.399. The molecule has 2 aromatic carbocycles. The standard InChI is InChI=1S/C19H24O5S.Na/c1-2-3-4-5-6-9-15-12-13-17(16(20)14-15)24-18-10-7-8-11-19(18)25(21,22)23;/h7-8,10-14,20H,2-6,9H2,1H3,(H,21,22,23);/q;+1/p-1. The molecule has 0 spiro atoms. The van der Waals surface area contributed by atoms with Crippen molar-refractivity contribution in [3.8, 4) is 17.2 Å². The van der Waals surface area contributed by atoms with Gasteiger partial charge in [-0.2, -0.15) is 8.42 Å². The number of hydrogen-bond acceptors (Lipinski definition) is 4. The fourth-order valence-electron chi connectivity index (χ4n) is 2.59. The first-order valence-corrected chi connectivity index (χ1v) is 9.90. The SMILES string of the molecule is CCCCCCCc1ccc(Oc2ccccc2S(=O)(=O)O)c([O-])c1.[Na+]. The molecule has 136 valence electrons. The summed E-state index contributed by atoms with van der Waals surface area (Å²) in [6, 6.07) is 10.5. The van der Waals surface area contributed by atoms with Gasteiger partial charge >= 0.3 is 29.6 Å². The van der Waals surface area contributed by atoms with E-state index in [1.165, 1.54) is 43.5 Å². The minimum atomic E-state index is -4.42. The maximum atomic E-state index is 12.2. The largest absolute Gasteiger partial charge is 1.00 e. The second-order valence-corrected chi connectivity index (χ2v) is 7.36. The molecule has 0 aliphatic rings. The molecule has 0 aliphatic heterocycles. The van der Waals surface area contributed by atoms with Crippen molar-refractivity contribution >= 4 is 10.1 Å². The van der Waals surface area contributed by atoms with Crippen molar-refractivity contribution in [2.24, 2.45) is 0 Å². The van der Waals surface area contributed by atoms with Gasteiger partial charge in [0.05, 0.1) is 0 Å². The monoisotopic (exact) mass is 386 g/mol. The fraction of sp³-hybridized carbons (Fsp3) is 0.368. The van der Waals surface area contributed by atoms with Crippen molar-refractivity contribution < 1.29 is 52.4 Å². The van der Waals surface area contributed by atoms with Crippen LogP contribution in [0.1, 0.15) is 44.6 Å². The van der Waals surface area contributed by atoms with E-state index in [4.69, 9.17) is 4.74 Å². The van der Waals surface area contributed by atoms with Crippen molar-refractivity contribution in [2.45, 2.75) is 50.3 Å². The maximum Gasteiger partial charge on any atom is 1.00 e.